The van der Waals surface area contributed by atoms with Crippen LogP contribution in [-0.2, 0) is 4.79 Å². The van der Waals surface area contributed by atoms with Crippen LogP contribution >= 0.6 is 15.9 Å². The number of hydrogen-bond acceptors (Lipinski definition) is 3. The van der Waals surface area contributed by atoms with E-state index in [4.69, 9.17) is 4.74 Å². The third kappa shape index (κ3) is 5.08. The van der Waals surface area contributed by atoms with E-state index in [9.17, 15) is 9.90 Å². The summed E-state index contributed by atoms with van der Waals surface area (Å²) in [6, 6.07) is 14.8. The summed E-state index contributed by atoms with van der Waals surface area (Å²) in [5, 5.41) is 10.5. The largest absolute Gasteiger partial charge is 0.483 e. The molecule has 2 aromatic rings. The van der Waals surface area contributed by atoms with Crippen molar-refractivity contribution in [2.24, 2.45) is 0 Å². The maximum Gasteiger partial charge on any atom is 0.260 e. The van der Waals surface area contributed by atoms with Crippen molar-refractivity contribution in [1.82, 2.24) is 4.90 Å². The molecule has 5 heteroatoms. The molecule has 0 aliphatic rings. The van der Waals surface area contributed by atoms with Gasteiger partial charge in [0.2, 0.25) is 0 Å². The van der Waals surface area contributed by atoms with Crippen molar-refractivity contribution < 1.29 is 14.6 Å². The van der Waals surface area contributed by atoms with Crippen molar-refractivity contribution >= 4 is 21.8 Å². The van der Waals surface area contributed by atoms with E-state index in [0.29, 0.717) is 5.75 Å². The average molecular weight is 420 g/mol. The Morgan fingerprint density at radius 1 is 1.15 bits per heavy atom. The first-order valence-corrected chi connectivity index (χ1v) is 9.51. The van der Waals surface area contributed by atoms with Gasteiger partial charge >= 0.3 is 0 Å². The minimum Gasteiger partial charge on any atom is -0.483 e. The van der Waals surface area contributed by atoms with E-state index < -0.39 is 6.10 Å². The Labute approximate surface area is 163 Å². The molecule has 1 N–H and O–H groups in total. The van der Waals surface area contributed by atoms with Crippen LogP contribution < -0.4 is 4.74 Å². The monoisotopic (exact) mass is 419 g/mol. The predicted molar refractivity (Wildman–Crippen MR) is 107 cm³/mol. The zero-order valence-corrected chi connectivity index (χ0v) is 17.2. The molecule has 2 aromatic carbocycles. The van der Waals surface area contributed by atoms with Crippen molar-refractivity contribution in [2.75, 3.05) is 13.7 Å². The van der Waals surface area contributed by atoms with Gasteiger partial charge in [-0.2, -0.15) is 0 Å². The van der Waals surface area contributed by atoms with Crippen molar-refractivity contribution in [3.05, 3.63) is 64.1 Å². The summed E-state index contributed by atoms with van der Waals surface area (Å²) in [4.78, 5) is 14.1. The van der Waals surface area contributed by atoms with Gasteiger partial charge < -0.3 is 14.7 Å². The molecular weight excluding hydrogens is 394 g/mol. The first kappa shape index (κ1) is 20.5. The highest BCUT2D eigenvalue weighted by molar-refractivity contribution is 9.10. The zero-order valence-electron chi connectivity index (χ0n) is 15.6. The summed E-state index contributed by atoms with van der Waals surface area (Å²) in [5.41, 5.74) is 1.84. The topological polar surface area (TPSA) is 49.8 Å². The van der Waals surface area contributed by atoms with E-state index in [2.05, 4.69) is 29.8 Å². The Kier molecular flexibility index (Phi) is 7.23. The van der Waals surface area contributed by atoms with E-state index >= 15 is 0 Å². The number of ether oxygens (including phenoxy) is 1. The fourth-order valence-electron chi connectivity index (χ4n) is 2.71. The van der Waals surface area contributed by atoms with Gasteiger partial charge in [-0.15, -0.1) is 0 Å². The van der Waals surface area contributed by atoms with E-state index in [1.807, 2.05) is 55.5 Å². The summed E-state index contributed by atoms with van der Waals surface area (Å²) < 4.78 is 6.76. The molecule has 140 valence electrons. The number of carbonyl (C=O) groups excluding carboxylic acids is 1. The maximum absolute atomic E-state index is 12.5. The zero-order chi connectivity index (χ0) is 19.3. The first-order valence-electron chi connectivity index (χ1n) is 8.72. The molecule has 0 aromatic heterocycles. The van der Waals surface area contributed by atoms with E-state index in [0.717, 1.165) is 15.6 Å². The number of aliphatic hydroxyl groups excluding tert-OH is 1. The second-order valence-electron chi connectivity index (χ2n) is 6.73. The van der Waals surface area contributed by atoms with Crippen LogP contribution in [0.2, 0.25) is 0 Å². The van der Waals surface area contributed by atoms with Crippen LogP contribution in [0.15, 0.2) is 53.0 Å². The smallest absolute Gasteiger partial charge is 0.260 e. The van der Waals surface area contributed by atoms with Crippen LogP contribution in [0.5, 0.6) is 5.75 Å². The molecule has 0 aliphatic carbocycles. The maximum atomic E-state index is 12.5. The molecular formula is C21H26BrNO3. The Hall–Kier alpha value is -1.85. The Bertz CT molecular complexity index is 733. The lowest BCUT2D eigenvalue weighted by Crippen LogP contribution is -2.41. The molecule has 0 saturated carbocycles. The van der Waals surface area contributed by atoms with Crippen LogP contribution in [0.1, 0.15) is 43.9 Å². The molecule has 2 unspecified atom stereocenters. The molecule has 0 spiro atoms. The van der Waals surface area contributed by atoms with Gasteiger partial charge in [0.1, 0.15) is 5.75 Å². The number of hydrogen-bond donors (Lipinski definition) is 1. The molecule has 1 amide bonds. The first-order chi connectivity index (χ1) is 12.3. The summed E-state index contributed by atoms with van der Waals surface area (Å²) in [6.45, 7) is 5.93. The van der Waals surface area contributed by atoms with Crippen LogP contribution in [0, 0.1) is 0 Å². The van der Waals surface area contributed by atoms with E-state index in [1.54, 1.807) is 7.05 Å². The molecule has 2 rings (SSSR count). The van der Waals surface area contributed by atoms with Crippen LogP contribution in [-0.4, -0.2) is 35.6 Å². The van der Waals surface area contributed by atoms with Gasteiger partial charge in [0.25, 0.3) is 5.91 Å². The molecule has 4 nitrogen and oxygen atoms in total. The molecule has 0 bridgehead atoms. The fourth-order valence-corrected chi connectivity index (χ4v) is 3.09. The van der Waals surface area contributed by atoms with Gasteiger partial charge in [-0.1, -0.05) is 60.1 Å². The Balaban J connectivity index is 2.01. The van der Waals surface area contributed by atoms with Gasteiger partial charge in [0, 0.05) is 11.5 Å². The third-order valence-electron chi connectivity index (χ3n) is 4.55. The van der Waals surface area contributed by atoms with E-state index in [1.165, 1.54) is 4.90 Å². The van der Waals surface area contributed by atoms with Crippen LogP contribution in [0.3, 0.4) is 0 Å². The van der Waals surface area contributed by atoms with Gasteiger partial charge in [-0.25, -0.2) is 0 Å². The highest BCUT2D eigenvalue weighted by Crippen LogP contribution is 2.29. The number of benzene rings is 2. The van der Waals surface area contributed by atoms with Crippen LogP contribution in [0.4, 0.5) is 0 Å². The highest BCUT2D eigenvalue weighted by Gasteiger charge is 2.24. The number of halogens is 1. The molecule has 0 aliphatic heterocycles. The number of aliphatic hydroxyl groups is 1. The Morgan fingerprint density at radius 3 is 2.42 bits per heavy atom. The Morgan fingerprint density at radius 2 is 1.81 bits per heavy atom. The van der Waals surface area contributed by atoms with Crippen molar-refractivity contribution in [3.8, 4) is 5.75 Å². The number of amides is 1. The summed E-state index contributed by atoms with van der Waals surface area (Å²) >= 11 is 3.47. The number of rotatable bonds is 7. The van der Waals surface area contributed by atoms with Gasteiger partial charge in [-0.3, -0.25) is 4.79 Å². The van der Waals surface area contributed by atoms with Gasteiger partial charge in [0.05, 0.1) is 12.1 Å². The molecule has 0 saturated heterocycles. The van der Waals surface area contributed by atoms with Gasteiger partial charge in [-0.05, 0) is 42.2 Å². The van der Waals surface area contributed by atoms with Crippen LogP contribution in [0.25, 0.3) is 0 Å². The predicted octanol–water partition coefficient (Wildman–Crippen LogP) is 4.53. The summed E-state index contributed by atoms with van der Waals surface area (Å²) in [6.07, 6.45) is -0.746. The second-order valence-corrected chi connectivity index (χ2v) is 7.64. The highest BCUT2D eigenvalue weighted by atomic mass is 79.9. The number of nitrogens with zero attached hydrogens (tertiary/aromatic N) is 1. The lowest BCUT2D eigenvalue weighted by Gasteiger charge is -2.29. The second kappa shape index (κ2) is 9.19. The molecule has 0 heterocycles. The quantitative estimate of drug-likeness (QED) is 0.716. The molecule has 26 heavy (non-hydrogen) atoms. The van der Waals surface area contributed by atoms with Gasteiger partial charge in [0.15, 0.2) is 6.61 Å². The van der Waals surface area contributed by atoms with Crippen molar-refractivity contribution in [3.63, 3.8) is 0 Å². The normalized spacial score (nSPS) is 13.3. The standard InChI is InChI=1S/C21H26BrNO3/c1-14(2)18-12-17(22)10-11-19(18)26-13-20(24)23(4)15(3)21(25)16-8-6-5-7-9-16/h5-12,14-15,21,25H,13H2,1-4H3. The SMILES string of the molecule is CC(C)c1cc(Br)ccc1OCC(=O)N(C)C(C)C(O)c1ccccc1. The third-order valence-corrected chi connectivity index (χ3v) is 5.04. The lowest BCUT2D eigenvalue weighted by molar-refractivity contribution is -0.136. The fraction of sp³-hybridized carbons (Fsp3) is 0.381. The summed E-state index contributed by atoms with van der Waals surface area (Å²) in [5.74, 6) is 0.820. The van der Waals surface area contributed by atoms with E-state index in [-0.39, 0.29) is 24.5 Å². The number of likely N-dealkylation sites (N-methyl/N-ethyl adjacent to an activating group) is 1. The average Bonchev–Trinajstić information content (AvgIpc) is 2.65. The minimum absolute atomic E-state index is 0.0658. The van der Waals surface area contributed by atoms with Crippen molar-refractivity contribution in [1.29, 1.82) is 0 Å². The summed E-state index contributed by atoms with van der Waals surface area (Å²) in [7, 11) is 1.69. The van der Waals surface area contributed by atoms with Crippen molar-refractivity contribution in [2.45, 2.75) is 38.8 Å². The number of carbonyl (C=O) groups is 1. The lowest BCUT2D eigenvalue weighted by atomic mass is 10.0. The molecule has 2 atom stereocenters. The molecule has 0 radical (unpaired) electrons. The minimum atomic E-state index is -0.746. The molecule has 0 fully saturated rings.